The molecule has 2 aromatic heterocycles. The van der Waals surface area contributed by atoms with Gasteiger partial charge in [0.25, 0.3) is 5.91 Å². The Kier molecular flexibility index (Phi) is 6.01. The molecule has 1 aromatic carbocycles. The molecule has 9 heteroatoms. The maximum atomic E-state index is 12.6. The summed E-state index contributed by atoms with van der Waals surface area (Å²) in [5.41, 5.74) is 1.17. The van der Waals surface area contributed by atoms with Crippen molar-refractivity contribution in [3.63, 3.8) is 0 Å². The normalized spacial score (nSPS) is 14.0. The first-order chi connectivity index (χ1) is 15.1. The fraction of sp³-hybridized carbons (Fsp3) is 0.227. The molecule has 0 spiro atoms. The predicted molar refractivity (Wildman–Crippen MR) is 119 cm³/mol. The zero-order chi connectivity index (χ0) is 21.6. The van der Waals surface area contributed by atoms with Crippen molar-refractivity contribution in [3.05, 3.63) is 60.0 Å². The lowest BCUT2D eigenvalue weighted by Gasteiger charge is -2.32. The summed E-state index contributed by atoms with van der Waals surface area (Å²) in [5, 5.41) is 5.89. The van der Waals surface area contributed by atoms with Crippen molar-refractivity contribution in [2.75, 3.05) is 48.8 Å². The molecule has 1 aliphatic heterocycles. The Bertz CT molecular complexity index is 1100. The van der Waals surface area contributed by atoms with Crippen LogP contribution in [0, 0.1) is 12.3 Å². The van der Waals surface area contributed by atoms with Crippen LogP contribution >= 0.6 is 0 Å². The van der Waals surface area contributed by atoms with Crippen LogP contribution in [0.1, 0.15) is 16.2 Å². The van der Waals surface area contributed by atoms with Crippen LogP contribution in [0.25, 0.3) is 0 Å². The molecule has 0 saturated carbocycles. The Morgan fingerprint density at radius 1 is 1.06 bits per heavy atom. The summed E-state index contributed by atoms with van der Waals surface area (Å²) < 4.78 is 0. The first-order valence-corrected chi connectivity index (χ1v) is 9.86. The lowest BCUT2D eigenvalue weighted by atomic mass is 10.2. The van der Waals surface area contributed by atoms with E-state index in [4.69, 9.17) is 6.42 Å². The number of nitrogens with zero attached hydrogens (tertiary/aromatic N) is 6. The van der Waals surface area contributed by atoms with Gasteiger partial charge >= 0.3 is 0 Å². The molecule has 31 heavy (non-hydrogen) atoms. The van der Waals surface area contributed by atoms with Gasteiger partial charge in [-0.25, -0.2) is 4.98 Å². The van der Waals surface area contributed by atoms with Gasteiger partial charge in [0, 0.05) is 43.6 Å². The van der Waals surface area contributed by atoms with Gasteiger partial charge in [-0.2, -0.15) is 15.0 Å². The molecule has 0 radical (unpaired) electrons. The third kappa shape index (κ3) is 5.12. The van der Waals surface area contributed by atoms with Crippen LogP contribution in [0.5, 0.6) is 0 Å². The molecule has 0 bridgehead atoms. The summed E-state index contributed by atoms with van der Waals surface area (Å²) in [5.74, 6) is 3.71. The molecule has 0 aliphatic carbocycles. The third-order valence-electron chi connectivity index (χ3n) is 4.83. The molecular weight excluding hydrogens is 392 g/mol. The van der Waals surface area contributed by atoms with Crippen molar-refractivity contribution in [1.29, 1.82) is 0 Å². The zero-order valence-corrected chi connectivity index (χ0v) is 17.1. The Balaban J connectivity index is 1.52. The average Bonchev–Trinajstić information content (AvgIpc) is 2.80. The zero-order valence-electron chi connectivity index (χ0n) is 17.1. The number of carbonyl (C=O) groups excluding carboxylic acids is 1. The highest BCUT2D eigenvalue weighted by Crippen LogP contribution is 2.17. The van der Waals surface area contributed by atoms with E-state index >= 15 is 0 Å². The molecule has 3 heterocycles. The smallest absolute Gasteiger partial charge is 0.255 e. The highest BCUT2D eigenvalue weighted by Gasteiger charge is 2.18. The number of para-hydroxylation sites is 1. The molecule has 0 atom stereocenters. The highest BCUT2D eigenvalue weighted by atomic mass is 16.1. The van der Waals surface area contributed by atoms with E-state index in [0.717, 1.165) is 26.2 Å². The van der Waals surface area contributed by atoms with E-state index in [0.29, 0.717) is 23.0 Å². The number of pyridine rings is 1. The molecule has 1 aliphatic rings. The summed E-state index contributed by atoms with van der Waals surface area (Å²) in [6.07, 6.45) is 7.09. The van der Waals surface area contributed by atoms with Crippen LogP contribution in [0.3, 0.4) is 0 Å². The fourth-order valence-electron chi connectivity index (χ4n) is 3.11. The van der Waals surface area contributed by atoms with Gasteiger partial charge in [-0.05, 0) is 37.2 Å². The van der Waals surface area contributed by atoms with E-state index in [9.17, 15) is 4.79 Å². The van der Waals surface area contributed by atoms with Crippen molar-refractivity contribution >= 4 is 29.3 Å². The first kappa shape index (κ1) is 20.3. The van der Waals surface area contributed by atoms with Gasteiger partial charge in [-0.15, -0.1) is 6.42 Å². The van der Waals surface area contributed by atoms with Gasteiger partial charge in [0.15, 0.2) is 0 Å². The van der Waals surface area contributed by atoms with Gasteiger partial charge in [0.05, 0.1) is 0 Å². The molecule has 4 rings (SSSR count). The number of aromatic nitrogens is 4. The number of anilines is 4. The van der Waals surface area contributed by atoms with Crippen molar-refractivity contribution in [2.45, 2.75) is 0 Å². The summed E-state index contributed by atoms with van der Waals surface area (Å²) in [7, 11) is 2.08. The molecule has 1 fully saturated rings. The van der Waals surface area contributed by atoms with E-state index < -0.39 is 0 Å². The number of rotatable bonds is 5. The van der Waals surface area contributed by atoms with Gasteiger partial charge in [0.1, 0.15) is 5.82 Å². The van der Waals surface area contributed by atoms with E-state index in [-0.39, 0.29) is 17.7 Å². The second kappa shape index (κ2) is 9.19. The topological polar surface area (TPSA) is 99.2 Å². The predicted octanol–water partition coefficient (Wildman–Crippen LogP) is 2.00. The SMILES string of the molecule is C#Cc1nc(Nc2cc(C(=O)Nc3ccccc3)ccn2)nc(N2CCN(C)CC2)n1. The monoisotopic (exact) mass is 414 g/mol. The second-order valence-corrected chi connectivity index (χ2v) is 7.09. The number of terminal acetylenes is 1. The van der Waals surface area contributed by atoms with Crippen LogP contribution in [-0.2, 0) is 0 Å². The maximum Gasteiger partial charge on any atom is 0.255 e. The van der Waals surface area contributed by atoms with E-state index in [2.05, 4.69) is 53.3 Å². The summed E-state index contributed by atoms with van der Waals surface area (Å²) in [6.45, 7) is 3.44. The summed E-state index contributed by atoms with van der Waals surface area (Å²) in [6, 6.07) is 12.5. The van der Waals surface area contributed by atoms with Gasteiger partial charge < -0.3 is 20.4 Å². The van der Waals surface area contributed by atoms with Gasteiger partial charge in [0.2, 0.25) is 17.7 Å². The molecule has 1 amide bonds. The van der Waals surface area contributed by atoms with Crippen molar-refractivity contribution in [2.24, 2.45) is 0 Å². The molecule has 0 unspecified atom stereocenters. The molecular formula is C22H22N8O. The van der Waals surface area contributed by atoms with Crippen LogP contribution in [0.15, 0.2) is 48.7 Å². The van der Waals surface area contributed by atoms with E-state index in [1.807, 2.05) is 30.3 Å². The number of piperazine rings is 1. The Morgan fingerprint density at radius 3 is 2.58 bits per heavy atom. The lowest BCUT2D eigenvalue weighted by Crippen LogP contribution is -2.45. The van der Waals surface area contributed by atoms with E-state index in [1.54, 1.807) is 18.3 Å². The Labute approximate surface area is 180 Å². The molecule has 9 nitrogen and oxygen atoms in total. The summed E-state index contributed by atoms with van der Waals surface area (Å²) in [4.78, 5) is 34.3. The second-order valence-electron chi connectivity index (χ2n) is 7.09. The van der Waals surface area contributed by atoms with E-state index in [1.165, 1.54) is 0 Å². The van der Waals surface area contributed by atoms with Crippen LogP contribution in [-0.4, -0.2) is 64.0 Å². The number of carbonyl (C=O) groups is 1. The number of benzene rings is 1. The molecule has 156 valence electrons. The van der Waals surface area contributed by atoms with Crippen LogP contribution in [0.4, 0.5) is 23.4 Å². The molecule has 1 saturated heterocycles. The van der Waals surface area contributed by atoms with Crippen molar-refractivity contribution < 1.29 is 4.79 Å². The number of hydrogen-bond acceptors (Lipinski definition) is 8. The Morgan fingerprint density at radius 2 is 1.84 bits per heavy atom. The lowest BCUT2D eigenvalue weighted by molar-refractivity contribution is 0.102. The standard InChI is InChI=1S/C22H22N8O/c1-3-18-25-21(28-22(27-18)30-13-11-29(2)12-14-30)26-19-15-16(9-10-23-19)20(31)24-17-7-5-4-6-8-17/h1,4-10,15H,11-14H2,2H3,(H,24,31)(H,23,25,26,27,28). The number of nitrogens with one attached hydrogen (secondary N) is 2. The number of likely N-dealkylation sites (N-methyl/N-ethyl adjacent to an activating group) is 1. The maximum absolute atomic E-state index is 12.6. The number of hydrogen-bond donors (Lipinski definition) is 2. The minimum Gasteiger partial charge on any atom is -0.338 e. The first-order valence-electron chi connectivity index (χ1n) is 9.86. The largest absolute Gasteiger partial charge is 0.338 e. The van der Waals surface area contributed by atoms with Crippen molar-refractivity contribution in [3.8, 4) is 12.3 Å². The quantitative estimate of drug-likeness (QED) is 0.612. The fourth-order valence-corrected chi connectivity index (χ4v) is 3.11. The van der Waals surface area contributed by atoms with Crippen LogP contribution in [0.2, 0.25) is 0 Å². The third-order valence-corrected chi connectivity index (χ3v) is 4.83. The average molecular weight is 414 g/mol. The van der Waals surface area contributed by atoms with Crippen molar-refractivity contribution in [1.82, 2.24) is 24.8 Å². The minimum absolute atomic E-state index is 0.240. The Hall–Kier alpha value is -4.03. The van der Waals surface area contributed by atoms with Crippen LogP contribution < -0.4 is 15.5 Å². The molecule has 3 aromatic rings. The number of amides is 1. The van der Waals surface area contributed by atoms with Gasteiger partial charge in [-0.3, -0.25) is 4.79 Å². The van der Waals surface area contributed by atoms with Gasteiger partial charge in [-0.1, -0.05) is 18.2 Å². The highest BCUT2D eigenvalue weighted by molar-refractivity contribution is 6.04. The molecule has 2 N–H and O–H groups in total. The minimum atomic E-state index is -0.241. The summed E-state index contributed by atoms with van der Waals surface area (Å²) >= 11 is 0.